The molecule has 0 bridgehead atoms. The molecule has 0 fully saturated rings. The molecule has 0 saturated carbocycles. The molecule has 0 aliphatic rings. The number of hydrogen-bond acceptors (Lipinski definition) is 13. The summed E-state index contributed by atoms with van der Waals surface area (Å²) in [4.78, 5) is 33.7. The smallest absolute Gasteiger partial charge is 0.462 e. The molecule has 2 atom stereocenters. The van der Waals surface area contributed by atoms with E-state index in [2.05, 4.69) is 34.0 Å². The van der Waals surface area contributed by atoms with Gasteiger partial charge in [-0.25, -0.2) is 32.7 Å². The Labute approximate surface area is 334 Å². The van der Waals surface area contributed by atoms with E-state index in [1.54, 1.807) is 0 Å². The van der Waals surface area contributed by atoms with Crippen molar-refractivity contribution in [3.8, 4) is 6.07 Å². The third kappa shape index (κ3) is 18.4. The van der Waals surface area contributed by atoms with Crippen LogP contribution in [-0.2, 0) is 55.9 Å². The summed E-state index contributed by atoms with van der Waals surface area (Å²) in [6.45, 7) is 2.09. The van der Waals surface area contributed by atoms with E-state index in [9.17, 15) is 23.8 Å². The number of benzene rings is 1. The van der Waals surface area contributed by atoms with Gasteiger partial charge in [0.2, 0.25) is 0 Å². The van der Waals surface area contributed by atoms with Gasteiger partial charge in [-0.3, -0.25) is 23.2 Å². The first-order valence-electron chi connectivity index (χ1n) is 20.0. The van der Waals surface area contributed by atoms with Gasteiger partial charge in [0.05, 0.1) is 38.8 Å². The second kappa shape index (κ2) is 26.7. The standard InChI is InChI=1S/C39H58F2N7O8P/c1-3-5-7-9-11-13-15-18-37(49)52-25-34(55-38(50)19-16-14-12-10-8-6-4-2)26-54-57(51,53-23-17-22-42)56-39(27-47-31-43-29-45-47,28-48-32-44-30-46-48)35-21-20-33(40)24-36(35)41/h20-21,24,29-32,34H,3-19,23,25-28H2,1-2H3. The zero-order chi connectivity index (χ0) is 41.2. The molecule has 0 amide bonds. The predicted molar refractivity (Wildman–Crippen MR) is 205 cm³/mol. The number of nitriles is 1. The Kier molecular flexibility index (Phi) is 22.2. The monoisotopic (exact) mass is 821 g/mol. The second-order valence-corrected chi connectivity index (χ2v) is 15.5. The van der Waals surface area contributed by atoms with E-state index in [1.807, 2.05) is 6.07 Å². The maximum atomic E-state index is 15.8. The number of aromatic nitrogens is 6. The summed E-state index contributed by atoms with van der Waals surface area (Å²) in [5, 5.41) is 17.5. The molecule has 15 nitrogen and oxygen atoms in total. The van der Waals surface area contributed by atoms with E-state index in [0.29, 0.717) is 18.9 Å². The van der Waals surface area contributed by atoms with Gasteiger partial charge in [-0.15, -0.1) is 0 Å². The minimum Gasteiger partial charge on any atom is -0.462 e. The van der Waals surface area contributed by atoms with Gasteiger partial charge in [-0.05, 0) is 18.9 Å². The van der Waals surface area contributed by atoms with Gasteiger partial charge < -0.3 is 9.47 Å². The predicted octanol–water partition coefficient (Wildman–Crippen LogP) is 8.55. The van der Waals surface area contributed by atoms with Crippen molar-refractivity contribution < 1.29 is 46.0 Å². The number of phosphoric ester groups is 1. The lowest BCUT2D eigenvalue weighted by molar-refractivity contribution is -0.161. The zero-order valence-corrected chi connectivity index (χ0v) is 34.2. The second-order valence-electron chi connectivity index (χ2n) is 13.9. The van der Waals surface area contributed by atoms with Crippen molar-refractivity contribution in [2.75, 3.05) is 19.8 Å². The van der Waals surface area contributed by atoms with Crippen LogP contribution in [0.15, 0.2) is 43.5 Å². The Hall–Kier alpha value is -4.10. The molecular formula is C39H58F2N7O8P. The first-order valence-corrected chi connectivity index (χ1v) is 21.5. The number of phosphoric acid groups is 1. The SMILES string of the molecule is CCCCCCCCCC(=O)OCC(COP(=O)(OCCC#N)OC(Cn1cncn1)(Cn1cncn1)c1ccc(F)cc1F)OC(=O)CCCCCCCCC. The van der Waals surface area contributed by atoms with Gasteiger partial charge >= 0.3 is 19.8 Å². The summed E-state index contributed by atoms with van der Waals surface area (Å²) in [5.74, 6) is -2.99. The highest BCUT2D eigenvalue weighted by Gasteiger charge is 2.46. The molecule has 316 valence electrons. The maximum absolute atomic E-state index is 15.8. The topological polar surface area (TPSA) is 183 Å². The fourth-order valence-corrected chi connectivity index (χ4v) is 7.58. The number of nitrogens with zero attached hydrogens (tertiary/aromatic N) is 7. The lowest BCUT2D eigenvalue weighted by Crippen LogP contribution is -2.40. The lowest BCUT2D eigenvalue weighted by atomic mass is 9.93. The van der Waals surface area contributed by atoms with E-state index in [0.717, 1.165) is 82.8 Å². The number of ether oxygens (including phenoxy) is 2. The Balaban J connectivity index is 1.85. The van der Waals surface area contributed by atoms with Gasteiger partial charge in [-0.1, -0.05) is 97.0 Å². The Morgan fingerprint density at radius 3 is 1.89 bits per heavy atom. The Morgan fingerprint density at radius 1 is 0.807 bits per heavy atom. The van der Waals surface area contributed by atoms with Crippen LogP contribution >= 0.6 is 7.82 Å². The van der Waals surface area contributed by atoms with Crippen molar-refractivity contribution in [2.45, 2.75) is 148 Å². The van der Waals surface area contributed by atoms with Crippen LogP contribution in [0.5, 0.6) is 0 Å². The first kappa shape index (κ1) is 47.3. The molecule has 0 saturated heterocycles. The molecular weight excluding hydrogens is 763 g/mol. The van der Waals surface area contributed by atoms with Crippen molar-refractivity contribution in [3.63, 3.8) is 0 Å². The zero-order valence-electron chi connectivity index (χ0n) is 33.3. The third-order valence-electron chi connectivity index (χ3n) is 9.06. The minimum atomic E-state index is -4.89. The van der Waals surface area contributed by atoms with Crippen LogP contribution in [0.3, 0.4) is 0 Å². The molecule has 2 aromatic heterocycles. The van der Waals surface area contributed by atoms with Crippen LogP contribution in [0, 0.1) is 23.0 Å². The van der Waals surface area contributed by atoms with E-state index < -0.39 is 62.9 Å². The Bertz CT molecular complexity index is 1620. The number of unbranched alkanes of at least 4 members (excludes halogenated alkanes) is 12. The van der Waals surface area contributed by atoms with Crippen molar-refractivity contribution in [2.24, 2.45) is 0 Å². The van der Waals surface area contributed by atoms with Crippen molar-refractivity contribution in [3.05, 3.63) is 60.7 Å². The molecule has 3 aromatic rings. The van der Waals surface area contributed by atoms with Crippen LogP contribution in [0.25, 0.3) is 0 Å². The lowest BCUT2D eigenvalue weighted by Gasteiger charge is -2.36. The van der Waals surface area contributed by atoms with Gasteiger partial charge in [0.1, 0.15) is 49.2 Å². The molecule has 3 rings (SSSR count). The number of carbonyl (C=O) groups is 2. The quantitative estimate of drug-likeness (QED) is 0.0332. The van der Waals surface area contributed by atoms with E-state index in [4.69, 9.17) is 23.0 Å². The highest BCUT2D eigenvalue weighted by atomic mass is 31.2. The molecule has 57 heavy (non-hydrogen) atoms. The van der Waals surface area contributed by atoms with Crippen LogP contribution in [0.2, 0.25) is 0 Å². The first-order chi connectivity index (χ1) is 27.6. The molecule has 18 heteroatoms. The average Bonchev–Trinajstić information content (AvgIpc) is 3.90. The summed E-state index contributed by atoms with van der Waals surface area (Å²) >= 11 is 0. The average molecular weight is 822 g/mol. The molecule has 2 heterocycles. The number of hydrogen-bond donors (Lipinski definition) is 0. The number of esters is 2. The highest BCUT2D eigenvalue weighted by Crippen LogP contribution is 2.56. The van der Waals surface area contributed by atoms with Crippen molar-refractivity contribution >= 4 is 19.8 Å². The van der Waals surface area contributed by atoms with E-state index in [-0.39, 0.29) is 37.9 Å². The number of rotatable bonds is 32. The van der Waals surface area contributed by atoms with Crippen LogP contribution in [0.4, 0.5) is 8.78 Å². The van der Waals surface area contributed by atoms with Gasteiger partial charge in [0.15, 0.2) is 6.10 Å². The fraction of sp³-hybridized carbons (Fsp3) is 0.667. The van der Waals surface area contributed by atoms with Crippen molar-refractivity contribution in [1.29, 1.82) is 5.26 Å². The van der Waals surface area contributed by atoms with Gasteiger partial charge in [0, 0.05) is 24.5 Å². The minimum absolute atomic E-state index is 0.103. The molecule has 1 aromatic carbocycles. The van der Waals surface area contributed by atoms with Crippen LogP contribution < -0.4 is 0 Å². The summed E-state index contributed by atoms with van der Waals surface area (Å²) in [7, 11) is -4.89. The molecule has 0 aliphatic heterocycles. The molecule has 0 aliphatic carbocycles. The fourth-order valence-electron chi connectivity index (χ4n) is 6.09. The molecule has 0 spiro atoms. The summed E-state index contributed by atoms with van der Waals surface area (Å²) < 4.78 is 76.1. The largest absolute Gasteiger partial charge is 0.475 e. The summed E-state index contributed by atoms with van der Waals surface area (Å²) in [5.41, 5.74) is -2.31. The number of carbonyl (C=O) groups excluding carboxylic acids is 2. The van der Waals surface area contributed by atoms with Crippen LogP contribution in [-0.4, -0.2) is 67.4 Å². The van der Waals surface area contributed by atoms with Crippen molar-refractivity contribution in [1.82, 2.24) is 29.5 Å². The third-order valence-corrected chi connectivity index (χ3v) is 10.6. The molecule has 2 unspecified atom stereocenters. The number of halogens is 2. The van der Waals surface area contributed by atoms with E-state index >= 15 is 4.39 Å². The maximum Gasteiger partial charge on any atom is 0.475 e. The van der Waals surface area contributed by atoms with Gasteiger partial charge in [0.25, 0.3) is 0 Å². The van der Waals surface area contributed by atoms with Gasteiger partial charge in [-0.2, -0.15) is 15.5 Å². The van der Waals surface area contributed by atoms with Crippen LogP contribution in [0.1, 0.15) is 129 Å². The normalized spacial score (nSPS) is 13.2. The van der Waals surface area contributed by atoms with E-state index in [1.165, 1.54) is 41.1 Å². The molecule has 0 radical (unpaired) electrons. The summed E-state index contributed by atoms with van der Waals surface area (Å²) in [6, 6.07) is 4.65. The highest BCUT2D eigenvalue weighted by molar-refractivity contribution is 7.48. The summed E-state index contributed by atoms with van der Waals surface area (Å²) in [6.07, 6.45) is 17.9. The Morgan fingerprint density at radius 2 is 1.37 bits per heavy atom. The molecule has 0 N–H and O–H groups in total.